The molecular formula is C57H36N4O2. The first kappa shape index (κ1) is 35.3. The van der Waals surface area contributed by atoms with E-state index < -0.39 is 0 Å². The standard InChI is InChI=1S/C57H36N4O2/c1-4-14-35(15-5-1)38-26-29-48-44(32-38)42-20-10-11-23-47(42)61(48)40-28-31-50-46(34-40)53-41(21-12-24-51(53)63-50)39-27-30-49-45(33-39)54-43(22-13-25-52(54)62-49)57-59-55(36-16-6-2-7-17-36)58-56(60-57)37-18-8-3-9-19-37/h1-34,55H,(H,58,59,60). The summed E-state index contributed by atoms with van der Waals surface area (Å²) in [6.07, 6.45) is -0.316. The molecule has 296 valence electrons. The van der Waals surface area contributed by atoms with Crippen LogP contribution >= 0.6 is 0 Å². The molecule has 1 N–H and O–H groups in total. The number of nitrogens with zero attached hydrogens (tertiary/aromatic N) is 3. The van der Waals surface area contributed by atoms with E-state index >= 15 is 0 Å². The molecule has 1 aliphatic heterocycles. The summed E-state index contributed by atoms with van der Waals surface area (Å²) in [5, 5.41) is 10.2. The highest BCUT2D eigenvalue weighted by atomic mass is 16.3. The smallest absolute Gasteiger partial charge is 0.159 e. The van der Waals surface area contributed by atoms with Gasteiger partial charge < -0.3 is 18.7 Å². The van der Waals surface area contributed by atoms with Crippen molar-refractivity contribution >= 4 is 77.4 Å². The Morgan fingerprint density at radius 2 is 1.02 bits per heavy atom. The summed E-state index contributed by atoms with van der Waals surface area (Å²) < 4.78 is 15.5. The maximum atomic E-state index is 6.60. The van der Waals surface area contributed by atoms with E-state index in [-0.39, 0.29) is 6.17 Å². The van der Waals surface area contributed by atoms with E-state index in [0.717, 1.165) is 94.3 Å². The Morgan fingerprint density at radius 1 is 0.413 bits per heavy atom. The summed E-state index contributed by atoms with van der Waals surface area (Å²) in [5.41, 5.74) is 14.2. The van der Waals surface area contributed by atoms with Crippen molar-refractivity contribution in [3.8, 4) is 27.9 Å². The van der Waals surface area contributed by atoms with Gasteiger partial charge in [-0.25, -0.2) is 9.98 Å². The zero-order valence-electron chi connectivity index (χ0n) is 33.9. The minimum atomic E-state index is -0.316. The van der Waals surface area contributed by atoms with Crippen LogP contribution in [0.3, 0.4) is 0 Å². The van der Waals surface area contributed by atoms with E-state index in [1.807, 2.05) is 48.5 Å². The Balaban J connectivity index is 0.965. The SMILES string of the molecule is c1ccc(C2=NC(c3ccccc3)NC(c3cccc4oc5ccc(-c6cccc7oc8ccc(-n9c%10ccccc%10c%10cc(-c%11ccccc%11)ccc%109)cc8c67)cc5c34)=N2)cc1. The number of furan rings is 2. The number of benzene rings is 9. The van der Waals surface area contributed by atoms with Gasteiger partial charge in [-0.15, -0.1) is 0 Å². The van der Waals surface area contributed by atoms with Crippen LogP contribution in [0.15, 0.2) is 225 Å². The Kier molecular flexibility index (Phi) is 7.87. The van der Waals surface area contributed by atoms with Gasteiger partial charge in [0, 0.05) is 49.1 Å². The van der Waals surface area contributed by atoms with Gasteiger partial charge in [-0.1, -0.05) is 146 Å². The topological polar surface area (TPSA) is 68.0 Å². The summed E-state index contributed by atoms with van der Waals surface area (Å²) in [6, 6.07) is 72.1. The lowest BCUT2D eigenvalue weighted by molar-refractivity contribution is 0.667. The molecule has 0 saturated heterocycles. The van der Waals surface area contributed by atoms with E-state index in [4.69, 9.17) is 18.8 Å². The molecule has 0 aliphatic carbocycles. The van der Waals surface area contributed by atoms with Gasteiger partial charge in [0.15, 0.2) is 5.84 Å². The number of fused-ring (bicyclic) bond motifs is 9. The van der Waals surface area contributed by atoms with Gasteiger partial charge >= 0.3 is 0 Å². The molecule has 0 radical (unpaired) electrons. The molecule has 13 rings (SSSR count). The number of amidine groups is 2. The number of hydrogen-bond acceptors (Lipinski definition) is 5. The van der Waals surface area contributed by atoms with Crippen molar-refractivity contribution < 1.29 is 8.83 Å². The third-order valence-corrected chi connectivity index (χ3v) is 12.5. The summed E-state index contributed by atoms with van der Waals surface area (Å²) in [6.45, 7) is 0. The van der Waals surface area contributed by atoms with Crippen LogP contribution in [0.4, 0.5) is 0 Å². The molecule has 1 aliphatic rings. The maximum absolute atomic E-state index is 6.60. The van der Waals surface area contributed by atoms with Crippen LogP contribution in [0.5, 0.6) is 0 Å². The highest BCUT2D eigenvalue weighted by molar-refractivity contribution is 6.23. The molecule has 6 nitrogen and oxygen atoms in total. The van der Waals surface area contributed by atoms with E-state index in [2.05, 4.69) is 168 Å². The number of aromatic nitrogens is 1. The predicted molar refractivity (Wildman–Crippen MR) is 258 cm³/mol. The molecule has 0 amide bonds. The van der Waals surface area contributed by atoms with Gasteiger partial charge in [-0.2, -0.15) is 0 Å². The van der Waals surface area contributed by atoms with Crippen molar-refractivity contribution in [2.24, 2.45) is 9.98 Å². The summed E-state index contributed by atoms with van der Waals surface area (Å²) in [5.74, 6) is 1.42. The largest absolute Gasteiger partial charge is 0.456 e. The second-order valence-electron chi connectivity index (χ2n) is 16.1. The van der Waals surface area contributed by atoms with Crippen LogP contribution in [0.2, 0.25) is 0 Å². The third-order valence-electron chi connectivity index (χ3n) is 12.5. The second-order valence-corrected chi connectivity index (χ2v) is 16.1. The first-order valence-corrected chi connectivity index (χ1v) is 21.3. The second kappa shape index (κ2) is 14.0. The van der Waals surface area contributed by atoms with Crippen LogP contribution in [0.25, 0.3) is 93.6 Å². The fourth-order valence-electron chi connectivity index (χ4n) is 9.56. The van der Waals surface area contributed by atoms with Crippen LogP contribution in [-0.2, 0) is 0 Å². The van der Waals surface area contributed by atoms with Crippen molar-refractivity contribution in [2.45, 2.75) is 6.17 Å². The minimum absolute atomic E-state index is 0.316. The zero-order chi connectivity index (χ0) is 41.4. The fourth-order valence-corrected chi connectivity index (χ4v) is 9.56. The van der Waals surface area contributed by atoms with Crippen molar-refractivity contribution in [2.75, 3.05) is 0 Å². The summed E-state index contributed by atoms with van der Waals surface area (Å²) in [4.78, 5) is 10.2. The van der Waals surface area contributed by atoms with Crippen LogP contribution in [0, 0.1) is 0 Å². The van der Waals surface area contributed by atoms with Crippen molar-refractivity contribution in [1.82, 2.24) is 9.88 Å². The Hall–Kier alpha value is -8.48. The first-order chi connectivity index (χ1) is 31.2. The molecule has 12 aromatic rings. The van der Waals surface area contributed by atoms with Crippen molar-refractivity contribution in [3.05, 3.63) is 223 Å². The average molecular weight is 809 g/mol. The molecule has 1 unspecified atom stereocenters. The Bertz CT molecular complexity index is 3820. The Morgan fingerprint density at radius 3 is 1.79 bits per heavy atom. The monoisotopic (exact) mass is 808 g/mol. The van der Waals surface area contributed by atoms with E-state index in [0.29, 0.717) is 5.84 Å². The zero-order valence-corrected chi connectivity index (χ0v) is 33.9. The average Bonchev–Trinajstić information content (AvgIpc) is 4.03. The van der Waals surface area contributed by atoms with Crippen molar-refractivity contribution in [1.29, 1.82) is 0 Å². The number of aliphatic imine (C=N–C) groups is 2. The normalized spacial score (nSPS) is 14.2. The molecule has 1 atom stereocenters. The highest BCUT2D eigenvalue weighted by Crippen LogP contribution is 2.42. The molecular weight excluding hydrogens is 773 g/mol. The summed E-state index contributed by atoms with van der Waals surface area (Å²) >= 11 is 0. The van der Waals surface area contributed by atoms with Crippen LogP contribution < -0.4 is 5.32 Å². The molecule has 0 saturated carbocycles. The minimum Gasteiger partial charge on any atom is -0.456 e. The quantitative estimate of drug-likeness (QED) is 0.182. The van der Waals surface area contributed by atoms with Crippen LogP contribution in [0.1, 0.15) is 22.9 Å². The van der Waals surface area contributed by atoms with Gasteiger partial charge in [0.1, 0.15) is 34.3 Å². The lowest BCUT2D eigenvalue weighted by Gasteiger charge is -2.24. The molecule has 6 heteroatoms. The molecule has 9 aromatic carbocycles. The molecule has 0 spiro atoms. The third kappa shape index (κ3) is 5.73. The Labute approximate surface area is 361 Å². The molecule has 0 fully saturated rings. The van der Waals surface area contributed by atoms with Gasteiger partial charge in [0.25, 0.3) is 0 Å². The predicted octanol–water partition coefficient (Wildman–Crippen LogP) is 14.4. The van der Waals surface area contributed by atoms with E-state index in [1.165, 1.54) is 21.9 Å². The van der Waals surface area contributed by atoms with Gasteiger partial charge in [0.05, 0.1) is 11.0 Å². The number of rotatable bonds is 6. The van der Waals surface area contributed by atoms with E-state index in [9.17, 15) is 0 Å². The van der Waals surface area contributed by atoms with E-state index in [1.54, 1.807) is 0 Å². The summed E-state index contributed by atoms with van der Waals surface area (Å²) in [7, 11) is 0. The lowest BCUT2D eigenvalue weighted by Crippen LogP contribution is -2.33. The fraction of sp³-hybridized carbons (Fsp3) is 0.0175. The molecule has 4 heterocycles. The molecule has 3 aromatic heterocycles. The number of para-hydroxylation sites is 1. The molecule has 63 heavy (non-hydrogen) atoms. The van der Waals surface area contributed by atoms with Gasteiger partial charge in [0.2, 0.25) is 0 Å². The highest BCUT2D eigenvalue weighted by Gasteiger charge is 2.24. The molecule has 0 bridgehead atoms. The first-order valence-electron chi connectivity index (χ1n) is 21.3. The lowest BCUT2D eigenvalue weighted by atomic mass is 9.96. The maximum Gasteiger partial charge on any atom is 0.159 e. The van der Waals surface area contributed by atoms with Gasteiger partial charge in [-0.3, -0.25) is 0 Å². The van der Waals surface area contributed by atoms with Gasteiger partial charge in [-0.05, 0) is 88.5 Å². The number of hydrogen-bond donors (Lipinski definition) is 1. The van der Waals surface area contributed by atoms with Crippen LogP contribution in [-0.4, -0.2) is 16.2 Å². The number of nitrogens with one attached hydrogen (secondary N) is 1. The van der Waals surface area contributed by atoms with Crippen molar-refractivity contribution in [3.63, 3.8) is 0 Å².